The van der Waals surface area contributed by atoms with Crippen LogP contribution in [0.15, 0.2) is 23.1 Å². The van der Waals surface area contributed by atoms with Crippen molar-refractivity contribution in [2.45, 2.75) is 50.5 Å². The Morgan fingerprint density at radius 3 is 2.62 bits per heavy atom. The molecule has 0 aliphatic heterocycles. The van der Waals surface area contributed by atoms with Crippen LogP contribution in [0.1, 0.15) is 37.8 Å². The molecule has 1 aromatic carbocycles. The number of aryl methyl sites for hydroxylation is 2. The number of carbonyl (C=O) groups is 1. The minimum Gasteiger partial charge on any atom is -0.481 e. The van der Waals surface area contributed by atoms with Crippen LogP contribution < -0.4 is 0 Å². The second-order valence-electron chi connectivity index (χ2n) is 5.44. The Kier molecular flexibility index (Phi) is 4.68. The molecule has 0 amide bonds. The van der Waals surface area contributed by atoms with Crippen LogP contribution in [0.3, 0.4) is 0 Å². The summed E-state index contributed by atoms with van der Waals surface area (Å²) in [6.07, 6.45) is 2.78. The molecule has 1 unspecified atom stereocenters. The van der Waals surface area contributed by atoms with Gasteiger partial charge >= 0.3 is 5.97 Å². The van der Waals surface area contributed by atoms with E-state index < -0.39 is 22.0 Å². The molecule has 0 spiro atoms. The number of benzene rings is 1. The van der Waals surface area contributed by atoms with Gasteiger partial charge in [-0.2, -0.15) is 4.31 Å². The summed E-state index contributed by atoms with van der Waals surface area (Å²) in [6.45, 7) is 3.61. The molecule has 5 nitrogen and oxygen atoms in total. The molecule has 0 radical (unpaired) electrons. The van der Waals surface area contributed by atoms with E-state index in [-0.39, 0.29) is 17.9 Å². The summed E-state index contributed by atoms with van der Waals surface area (Å²) in [4.78, 5) is 11.1. The topological polar surface area (TPSA) is 74.7 Å². The Balaban J connectivity index is 2.33. The molecule has 0 saturated carbocycles. The average Bonchev–Trinajstić information content (AvgIpc) is 2.85. The largest absolute Gasteiger partial charge is 0.481 e. The van der Waals surface area contributed by atoms with Crippen LogP contribution in [0.25, 0.3) is 0 Å². The quantitative estimate of drug-likeness (QED) is 0.872. The van der Waals surface area contributed by atoms with E-state index in [1.54, 1.807) is 26.0 Å². The van der Waals surface area contributed by atoms with Crippen molar-refractivity contribution in [3.8, 4) is 0 Å². The molecule has 0 saturated heterocycles. The number of fused-ring (bicyclic) bond motifs is 1. The van der Waals surface area contributed by atoms with Crippen molar-refractivity contribution in [1.29, 1.82) is 0 Å². The molecular formula is C15H21NO4S. The highest BCUT2D eigenvalue weighted by atomic mass is 32.2. The fourth-order valence-electron chi connectivity index (χ4n) is 2.92. The predicted molar refractivity (Wildman–Crippen MR) is 79.7 cm³/mol. The first kappa shape index (κ1) is 16.0. The maximum Gasteiger partial charge on any atom is 0.304 e. The average molecular weight is 311 g/mol. The second-order valence-corrected chi connectivity index (χ2v) is 7.33. The van der Waals surface area contributed by atoms with Gasteiger partial charge in [-0.05, 0) is 49.4 Å². The Labute approximate surface area is 125 Å². The summed E-state index contributed by atoms with van der Waals surface area (Å²) in [6, 6.07) is 4.69. The maximum atomic E-state index is 12.7. The molecule has 1 aliphatic carbocycles. The number of carboxylic acid groups (broad SMARTS) is 1. The molecule has 6 heteroatoms. The van der Waals surface area contributed by atoms with E-state index in [0.717, 1.165) is 24.8 Å². The third-order valence-corrected chi connectivity index (χ3v) is 6.04. The summed E-state index contributed by atoms with van der Waals surface area (Å²) in [5, 5.41) is 8.87. The number of hydrogen-bond acceptors (Lipinski definition) is 3. The summed E-state index contributed by atoms with van der Waals surface area (Å²) in [5.74, 6) is -0.995. The third-order valence-electron chi connectivity index (χ3n) is 3.95. The van der Waals surface area contributed by atoms with Gasteiger partial charge in [0.15, 0.2) is 0 Å². The van der Waals surface area contributed by atoms with Crippen LogP contribution in [0.2, 0.25) is 0 Å². The van der Waals surface area contributed by atoms with E-state index in [2.05, 4.69) is 0 Å². The molecule has 1 aliphatic rings. The number of aliphatic carboxylic acids is 1. The Bertz CT molecular complexity index is 639. The van der Waals surface area contributed by atoms with Gasteiger partial charge in [-0.1, -0.05) is 13.0 Å². The lowest BCUT2D eigenvalue weighted by Gasteiger charge is -2.26. The molecule has 116 valence electrons. The zero-order valence-corrected chi connectivity index (χ0v) is 13.2. The molecular weight excluding hydrogens is 290 g/mol. The van der Waals surface area contributed by atoms with E-state index in [4.69, 9.17) is 5.11 Å². The molecule has 2 rings (SSSR count). The molecule has 0 fully saturated rings. The van der Waals surface area contributed by atoms with Crippen molar-refractivity contribution in [3.63, 3.8) is 0 Å². The minimum absolute atomic E-state index is 0.196. The van der Waals surface area contributed by atoms with Crippen molar-refractivity contribution >= 4 is 16.0 Å². The van der Waals surface area contributed by atoms with Crippen molar-refractivity contribution < 1.29 is 18.3 Å². The monoisotopic (exact) mass is 311 g/mol. The van der Waals surface area contributed by atoms with E-state index in [0.29, 0.717) is 0 Å². The first-order valence-electron chi connectivity index (χ1n) is 7.21. The van der Waals surface area contributed by atoms with Gasteiger partial charge in [0.25, 0.3) is 0 Å². The highest BCUT2D eigenvalue weighted by Gasteiger charge is 2.29. The normalized spacial score (nSPS) is 16.0. The second kappa shape index (κ2) is 6.15. The zero-order chi connectivity index (χ0) is 15.6. The number of nitrogens with zero attached hydrogens (tertiary/aromatic N) is 1. The zero-order valence-electron chi connectivity index (χ0n) is 12.4. The van der Waals surface area contributed by atoms with E-state index in [9.17, 15) is 13.2 Å². The van der Waals surface area contributed by atoms with E-state index >= 15 is 0 Å². The Morgan fingerprint density at radius 2 is 2.00 bits per heavy atom. The SMILES string of the molecule is CCN(C(C)CC(=O)O)S(=O)(=O)c1ccc2c(c1)CCC2. The van der Waals surface area contributed by atoms with Crippen molar-refractivity contribution in [1.82, 2.24) is 4.31 Å². The Morgan fingerprint density at radius 1 is 1.33 bits per heavy atom. The van der Waals surface area contributed by atoms with Crippen LogP contribution in [0.5, 0.6) is 0 Å². The van der Waals surface area contributed by atoms with Gasteiger partial charge in [0.05, 0.1) is 11.3 Å². The first-order valence-corrected chi connectivity index (χ1v) is 8.65. The van der Waals surface area contributed by atoms with Crippen LogP contribution >= 0.6 is 0 Å². The maximum absolute atomic E-state index is 12.7. The molecule has 0 aromatic heterocycles. The lowest BCUT2D eigenvalue weighted by molar-refractivity contribution is -0.137. The highest BCUT2D eigenvalue weighted by molar-refractivity contribution is 7.89. The summed E-state index contributed by atoms with van der Waals surface area (Å²) < 4.78 is 26.7. The van der Waals surface area contributed by atoms with Crippen molar-refractivity contribution in [2.75, 3.05) is 6.54 Å². The first-order chi connectivity index (χ1) is 9.86. The van der Waals surface area contributed by atoms with Crippen LogP contribution in [-0.4, -0.2) is 36.4 Å². The van der Waals surface area contributed by atoms with Crippen LogP contribution in [-0.2, 0) is 27.7 Å². The van der Waals surface area contributed by atoms with Gasteiger partial charge in [-0.15, -0.1) is 0 Å². The lowest BCUT2D eigenvalue weighted by Crippen LogP contribution is -2.39. The van der Waals surface area contributed by atoms with E-state index in [1.165, 1.54) is 9.87 Å². The van der Waals surface area contributed by atoms with Crippen LogP contribution in [0.4, 0.5) is 0 Å². The molecule has 1 aromatic rings. The number of rotatable bonds is 6. The molecule has 0 heterocycles. The number of hydrogen-bond donors (Lipinski definition) is 1. The van der Waals surface area contributed by atoms with Gasteiger partial charge in [-0.25, -0.2) is 8.42 Å². The van der Waals surface area contributed by atoms with Gasteiger partial charge in [-0.3, -0.25) is 4.79 Å². The van der Waals surface area contributed by atoms with Crippen molar-refractivity contribution in [3.05, 3.63) is 29.3 Å². The lowest BCUT2D eigenvalue weighted by atomic mass is 10.1. The van der Waals surface area contributed by atoms with Crippen LogP contribution in [0, 0.1) is 0 Å². The minimum atomic E-state index is -3.65. The molecule has 1 atom stereocenters. The smallest absolute Gasteiger partial charge is 0.304 e. The summed E-state index contributed by atoms with van der Waals surface area (Å²) in [5.41, 5.74) is 2.31. The standard InChI is InChI=1S/C15H21NO4S/c1-3-16(11(2)9-15(17)18)21(19,20)14-8-7-12-5-4-6-13(12)10-14/h7-8,10-11H,3-6,9H2,1-2H3,(H,17,18). The summed E-state index contributed by atoms with van der Waals surface area (Å²) in [7, 11) is -3.65. The summed E-state index contributed by atoms with van der Waals surface area (Å²) >= 11 is 0. The Hall–Kier alpha value is -1.40. The van der Waals surface area contributed by atoms with Gasteiger partial charge in [0.2, 0.25) is 10.0 Å². The number of sulfonamides is 1. The highest BCUT2D eigenvalue weighted by Crippen LogP contribution is 2.27. The fourth-order valence-corrected chi connectivity index (χ4v) is 4.61. The number of carboxylic acids is 1. The van der Waals surface area contributed by atoms with Gasteiger partial charge in [0, 0.05) is 12.6 Å². The molecule has 21 heavy (non-hydrogen) atoms. The molecule has 0 bridgehead atoms. The fraction of sp³-hybridized carbons (Fsp3) is 0.533. The predicted octanol–water partition coefficient (Wildman–Crippen LogP) is 2.05. The molecule has 1 N–H and O–H groups in total. The van der Waals surface area contributed by atoms with E-state index in [1.807, 2.05) is 6.07 Å². The third kappa shape index (κ3) is 3.27. The van der Waals surface area contributed by atoms with Gasteiger partial charge in [0.1, 0.15) is 0 Å². The van der Waals surface area contributed by atoms with Crippen molar-refractivity contribution in [2.24, 2.45) is 0 Å². The van der Waals surface area contributed by atoms with Gasteiger partial charge < -0.3 is 5.11 Å².